The summed E-state index contributed by atoms with van der Waals surface area (Å²) in [5, 5.41) is 12.5. The second-order valence-electron chi connectivity index (χ2n) is 8.58. The van der Waals surface area contributed by atoms with Crippen molar-refractivity contribution in [3.63, 3.8) is 0 Å². The molecule has 35 heavy (non-hydrogen) atoms. The molecule has 0 aliphatic rings. The van der Waals surface area contributed by atoms with Gasteiger partial charge < -0.3 is 5.32 Å². The molecule has 2 aromatic rings. The second-order valence-corrected chi connectivity index (χ2v) is 8.58. The van der Waals surface area contributed by atoms with Crippen molar-refractivity contribution in [1.29, 1.82) is 5.26 Å². The summed E-state index contributed by atoms with van der Waals surface area (Å²) in [5.74, 6) is -0.672. The van der Waals surface area contributed by atoms with E-state index < -0.39 is 5.82 Å². The van der Waals surface area contributed by atoms with Gasteiger partial charge in [0.2, 0.25) is 0 Å². The van der Waals surface area contributed by atoms with Crippen LogP contribution in [0.25, 0.3) is 5.57 Å². The molecule has 0 heterocycles. The number of allylic oxidation sites excluding steroid dienone is 5. The van der Waals surface area contributed by atoms with E-state index in [1.807, 2.05) is 57.3 Å². The minimum atomic E-state index is -0.548. The van der Waals surface area contributed by atoms with Gasteiger partial charge in [-0.15, -0.1) is 0 Å². The Morgan fingerprint density at radius 2 is 1.77 bits per heavy atom. The maximum absolute atomic E-state index is 13.8. The van der Waals surface area contributed by atoms with Crippen molar-refractivity contribution < 1.29 is 4.39 Å². The Kier molecular flexibility index (Phi) is 12.2. The number of hydrogen-bond acceptors (Lipinski definition) is 3. The molecule has 184 valence electrons. The molecule has 0 spiro atoms. The van der Waals surface area contributed by atoms with Crippen LogP contribution in [0.3, 0.4) is 0 Å². The van der Waals surface area contributed by atoms with E-state index in [2.05, 4.69) is 56.9 Å². The molecular formula is C31H38FN3. The van der Waals surface area contributed by atoms with Gasteiger partial charge in [-0.3, -0.25) is 4.99 Å². The number of hydrogen-bond donors (Lipinski definition) is 1. The van der Waals surface area contributed by atoms with Gasteiger partial charge in [-0.2, -0.15) is 5.26 Å². The van der Waals surface area contributed by atoms with Gasteiger partial charge in [0.25, 0.3) is 0 Å². The molecule has 0 radical (unpaired) electrons. The van der Waals surface area contributed by atoms with Crippen LogP contribution in [-0.2, 0) is 0 Å². The number of rotatable bonds is 9. The topological polar surface area (TPSA) is 48.2 Å². The zero-order chi connectivity index (χ0) is 26.5. The molecule has 0 aromatic heterocycles. The predicted molar refractivity (Wildman–Crippen MR) is 150 cm³/mol. The first-order valence-corrected chi connectivity index (χ1v) is 11.9. The first-order valence-electron chi connectivity index (χ1n) is 11.9. The van der Waals surface area contributed by atoms with Gasteiger partial charge in [0, 0.05) is 29.2 Å². The van der Waals surface area contributed by atoms with Crippen LogP contribution in [0.2, 0.25) is 0 Å². The van der Waals surface area contributed by atoms with Gasteiger partial charge >= 0.3 is 0 Å². The Hall–Kier alpha value is -3.71. The summed E-state index contributed by atoms with van der Waals surface area (Å²) in [5.41, 5.74) is 6.17. The SMILES string of the molecule is C=C(C)N=C/C(=C\C)C(C)C(C(=C)Nc1ccc(F)c(C#N)c1)c1ccccc1C(=C)C.CCC. The van der Waals surface area contributed by atoms with E-state index in [0.29, 0.717) is 5.69 Å². The number of benzene rings is 2. The van der Waals surface area contributed by atoms with Crippen molar-refractivity contribution in [1.82, 2.24) is 0 Å². The van der Waals surface area contributed by atoms with Crippen molar-refractivity contribution in [3.8, 4) is 6.07 Å². The van der Waals surface area contributed by atoms with Gasteiger partial charge in [-0.05, 0) is 61.6 Å². The molecule has 0 amide bonds. The number of anilines is 1. The molecule has 0 saturated heterocycles. The molecule has 0 aliphatic carbocycles. The van der Waals surface area contributed by atoms with Crippen LogP contribution < -0.4 is 5.32 Å². The molecule has 0 aliphatic heterocycles. The molecule has 2 rings (SSSR count). The zero-order valence-corrected chi connectivity index (χ0v) is 22.0. The van der Waals surface area contributed by atoms with Gasteiger partial charge in [0.05, 0.1) is 5.56 Å². The molecular weight excluding hydrogens is 433 g/mol. The summed E-state index contributed by atoms with van der Waals surface area (Å²) in [6.45, 7) is 24.5. The third-order valence-electron chi connectivity index (χ3n) is 5.32. The van der Waals surface area contributed by atoms with E-state index >= 15 is 0 Å². The molecule has 2 aromatic carbocycles. The smallest absolute Gasteiger partial charge is 0.141 e. The molecule has 0 saturated carbocycles. The molecule has 0 bridgehead atoms. The predicted octanol–water partition coefficient (Wildman–Crippen LogP) is 9.04. The van der Waals surface area contributed by atoms with Crippen LogP contribution in [0.4, 0.5) is 10.1 Å². The minimum Gasteiger partial charge on any atom is -0.359 e. The Balaban J connectivity index is 0.00000194. The monoisotopic (exact) mass is 471 g/mol. The van der Waals surface area contributed by atoms with Crippen molar-refractivity contribution in [2.45, 2.75) is 53.9 Å². The lowest BCUT2D eigenvalue weighted by Crippen LogP contribution is -2.20. The molecule has 0 fully saturated rings. The average Bonchev–Trinajstić information content (AvgIpc) is 2.81. The van der Waals surface area contributed by atoms with Gasteiger partial charge in [0.1, 0.15) is 11.9 Å². The highest BCUT2D eigenvalue weighted by Gasteiger charge is 2.27. The van der Waals surface area contributed by atoms with E-state index in [0.717, 1.165) is 33.7 Å². The fraction of sp³-hybridized carbons (Fsp3) is 0.290. The first kappa shape index (κ1) is 29.3. The lowest BCUT2D eigenvalue weighted by atomic mass is 9.78. The number of nitrogens with one attached hydrogen (secondary N) is 1. The summed E-state index contributed by atoms with van der Waals surface area (Å²) in [7, 11) is 0. The van der Waals surface area contributed by atoms with Crippen molar-refractivity contribution in [2.75, 3.05) is 5.32 Å². The lowest BCUT2D eigenvalue weighted by Gasteiger charge is -2.30. The third-order valence-corrected chi connectivity index (χ3v) is 5.32. The first-order chi connectivity index (χ1) is 16.6. The maximum atomic E-state index is 13.8. The fourth-order valence-electron chi connectivity index (χ4n) is 3.70. The third kappa shape index (κ3) is 8.54. The highest BCUT2D eigenvalue weighted by atomic mass is 19.1. The summed E-state index contributed by atoms with van der Waals surface area (Å²) in [6.07, 6.45) is 5.12. The molecule has 3 nitrogen and oxygen atoms in total. The highest BCUT2D eigenvalue weighted by Crippen LogP contribution is 2.39. The van der Waals surface area contributed by atoms with Crippen LogP contribution in [-0.4, -0.2) is 6.21 Å². The van der Waals surface area contributed by atoms with Crippen molar-refractivity contribution in [2.24, 2.45) is 10.9 Å². The lowest BCUT2D eigenvalue weighted by molar-refractivity contribution is 0.601. The summed E-state index contributed by atoms with van der Waals surface area (Å²) in [6, 6.07) is 14.4. The molecule has 1 N–H and O–H groups in total. The van der Waals surface area contributed by atoms with Crippen LogP contribution in [0.5, 0.6) is 0 Å². The normalized spacial score (nSPS) is 12.7. The number of aliphatic imine (C=N–C) groups is 1. The van der Waals surface area contributed by atoms with Crippen molar-refractivity contribution in [3.05, 3.63) is 108 Å². The maximum Gasteiger partial charge on any atom is 0.141 e. The molecule has 4 heteroatoms. The van der Waals surface area contributed by atoms with Gasteiger partial charge in [-0.1, -0.05) is 82.8 Å². The Bertz CT molecular complexity index is 1150. The quantitative estimate of drug-likeness (QED) is 0.371. The van der Waals surface area contributed by atoms with E-state index in [1.54, 1.807) is 6.07 Å². The number of nitrogens with zero attached hydrogens (tertiary/aromatic N) is 2. The van der Waals surface area contributed by atoms with E-state index in [1.165, 1.54) is 18.6 Å². The van der Waals surface area contributed by atoms with Crippen LogP contribution in [0, 0.1) is 23.1 Å². The highest BCUT2D eigenvalue weighted by molar-refractivity contribution is 5.80. The van der Waals surface area contributed by atoms with Crippen LogP contribution in [0.1, 0.15) is 70.6 Å². The average molecular weight is 472 g/mol. The standard InChI is InChI=1S/C28H30FN3.C3H8/c1-8-22(17-31-19(4)5)20(6)28(26-12-10-9-11-25(26)18(2)3)21(7)32-24-13-14-27(29)23(15-24)16-30;1-3-2/h8-15,17,20,28,32H,2,4,7H2,1,3,5-6H3;3H2,1-2H3/b22-8+,31-17?;. The van der Waals surface area contributed by atoms with E-state index in [4.69, 9.17) is 0 Å². The molecule has 2 unspecified atom stereocenters. The summed E-state index contributed by atoms with van der Waals surface area (Å²) in [4.78, 5) is 4.39. The largest absolute Gasteiger partial charge is 0.359 e. The van der Waals surface area contributed by atoms with E-state index in [9.17, 15) is 9.65 Å². The molecule has 2 atom stereocenters. The second kappa shape index (κ2) is 14.5. The van der Waals surface area contributed by atoms with Crippen molar-refractivity contribution >= 4 is 17.5 Å². The van der Waals surface area contributed by atoms with Crippen LogP contribution in [0.15, 0.2) is 90.2 Å². The number of nitriles is 1. The Morgan fingerprint density at radius 3 is 2.31 bits per heavy atom. The van der Waals surface area contributed by atoms with E-state index in [-0.39, 0.29) is 17.4 Å². The van der Waals surface area contributed by atoms with Gasteiger partial charge in [0.15, 0.2) is 0 Å². The fourth-order valence-corrected chi connectivity index (χ4v) is 3.70. The van der Waals surface area contributed by atoms with Crippen LogP contribution >= 0.6 is 0 Å². The number of halogens is 1. The van der Waals surface area contributed by atoms with Gasteiger partial charge in [-0.25, -0.2) is 4.39 Å². The summed E-state index contributed by atoms with van der Waals surface area (Å²) < 4.78 is 13.8. The zero-order valence-electron chi connectivity index (χ0n) is 22.0. The Morgan fingerprint density at radius 1 is 1.14 bits per heavy atom. The summed E-state index contributed by atoms with van der Waals surface area (Å²) >= 11 is 0. The Labute approximate surface area is 211 Å². The minimum absolute atomic E-state index is 0.0134.